The molecule has 0 unspecified atom stereocenters. The molecule has 0 aliphatic rings. The molecule has 0 aliphatic carbocycles. The number of fused-ring (bicyclic) bond motifs is 2. The van der Waals surface area contributed by atoms with Crippen molar-refractivity contribution in [1.82, 2.24) is 30.6 Å². The maximum absolute atomic E-state index is 13.3. The summed E-state index contributed by atoms with van der Waals surface area (Å²) in [4.78, 5) is 43.0. The SMILES string of the molecule is Cc1ccc2[nH]c(/C(=C\c3ccc(/C=C(/NC(=O)c4ccccc4)c4nc5ccc(C)cc5[nH]4)c(C)c3)NC(=O)c3ccccc3)nc2c1. The van der Waals surface area contributed by atoms with Gasteiger partial charge in [-0.3, -0.25) is 9.59 Å². The number of hydrogen-bond donors (Lipinski definition) is 4. The summed E-state index contributed by atoms with van der Waals surface area (Å²) >= 11 is 0. The fourth-order valence-electron chi connectivity index (χ4n) is 5.66. The van der Waals surface area contributed by atoms with Crippen molar-refractivity contribution in [2.24, 2.45) is 0 Å². The van der Waals surface area contributed by atoms with Crippen LogP contribution in [-0.2, 0) is 0 Å². The van der Waals surface area contributed by atoms with E-state index in [2.05, 4.69) is 20.6 Å². The van der Waals surface area contributed by atoms with E-state index in [4.69, 9.17) is 9.97 Å². The van der Waals surface area contributed by atoms with Crippen molar-refractivity contribution in [2.45, 2.75) is 20.8 Å². The van der Waals surface area contributed by atoms with Gasteiger partial charge in [0.2, 0.25) is 0 Å². The van der Waals surface area contributed by atoms with Crippen LogP contribution < -0.4 is 10.6 Å². The smallest absolute Gasteiger partial charge is 0.255 e. The molecule has 5 aromatic carbocycles. The van der Waals surface area contributed by atoms with Crippen LogP contribution in [0.1, 0.15) is 60.2 Å². The number of amides is 2. The second-order valence-electron chi connectivity index (χ2n) is 12.1. The number of H-pyrrole nitrogens is 2. The van der Waals surface area contributed by atoms with Crippen LogP contribution in [-0.4, -0.2) is 31.8 Å². The van der Waals surface area contributed by atoms with Crippen LogP contribution in [0.2, 0.25) is 0 Å². The summed E-state index contributed by atoms with van der Waals surface area (Å²) < 4.78 is 0. The van der Waals surface area contributed by atoms with Gasteiger partial charge in [-0.2, -0.15) is 0 Å². The molecular weight excluding hydrogens is 608 g/mol. The molecule has 49 heavy (non-hydrogen) atoms. The van der Waals surface area contributed by atoms with E-state index >= 15 is 0 Å². The number of carbonyl (C=O) groups is 2. The molecule has 4 N–H and O–H groups in total. The molecule has 0 bridgehead atoms. The van der Waals surface area contributed by atoms with Crippen LogP contribution in [0.15, 0.2) is 115 Å². The van der Waals surface area contributed by atoms with Crippen LogP contribution in [0.3, 0.4) is 0 Å². The molecule has 0 fully saturated rings. The van der Waals surface area contributed by atoms with Crippen molar-refractivity contribution in [3.05, 3.63) is 166 Å². The van der Waals surface area contributed by atoms with Crippen LogP contribution >= 0.6 is 0 Å². The van der Waals surface area contributed by atoms with E-state index in [1.165, 1.54) is 0 Å². The molecule has 8 nitrogen and oxygen atoms in total. The van der Waals surface area contributed by atoms with Gasteiger partial charge in [-0.1, -0.05) is 66.7 Å². The van der Waals surface area contributed by atoms with Crippen molar-refractivity contribution in [3.8, 4) is 0 Å². The number of aryl methyl sites for hydroxylation is 3. The first-order valence-corrected chi connectivity index (χ1v) is 16.0. The molecule has 2 heterocycles. The summed E-state index contributed by atoms with van der Waals surface area (Å²) in [5, 5.41) is 6.15. The number of rotatable bonds is 8. The van der Waals surface area contributed by atoms with Gasteiger partial charge in [-0.15, -0.1) is 0 Å². The number of nitrogens with one attached hydrogen (secondary N) is 4. The van der Waals surface area contributed by atoms with Crippen LogP contribution in [0.4, 0.5) is 0 Å². The number of hydrogen-bond acceptors (Lipinski definition) is 4. The lowest BCUT2D eigenvalue weighted by molar-refractivity contribution is 0.0965. The number of aromatic amines is 2. The Morgan fingerprint density at radius 1 is 0.571 bits per heavy atom. The van der Waals surface area contributed by atoms with Gasteiger partial charge in [0.15, 0.2) is 11.6 Å². The Hall–Kier alpha value is -6.54. The monoisotopic (exact) mass is 642 g/mol. The maximum Gasteiger partial charge on any atom is 0.255 e. The van der Waals surface area contributed by atoms with Gasteiger partial charge in [0.05, 0.1) is 33.5 Å². The van der Waals surface area contributed by atoms with E-state index in [-0.39, 0.29) is 11.8 Å². The second kappa shape index (κ2) is 13.3. The van der Waals surface area contributed by atoms with E-state index < -0.39 is 0 Å². The predicted molar refractivity (Wildman–Crippen MR) is 196 cm³/mol. The summed E-state index contributed by atoms with van der Waals surface area (Å²) in [7, 11) is 0. The lowest BCUT2D eigenvalue weighted by atomic mass is 10.0. The van der Waals surface area contributed by atoms with Crippen LogP contribution in [0, 0.1) is 20.8 Å². The zero-order chi connectivity index (χ0) is 33.9. The zero-order valence-electron chi connectivity index (χ0n) is 27.3. The van der Waals surface area contributed by atoms with Gasteiger partial charge >= 0.3 is 0 Å². The van der Waals surface area contributed by atoms with Crippen LogP contribution in [0.5, 0.6) is 0 Å². The lowest BCUT2D eigenvalue weighted by Crippen LogP contribution is -2.22. The zero-order valence-corrected chi connectivity index (χ0v) is 27.3. The topological polar surface area (TPSA) is 116 Å². The minimum Gasteiger partial charge on any atom is -0.337 e. The maximum atomic E-state index is 13.3. The summed E-state index contributed by atoms with van der Waals surface area (Å²) in [6.07, 6.45) is 3.83. The molecule has 0 spiro atoms. The molecule has 7 rings (SSSR count). The minimum absolute atomic E-state index is 0.236. The van der Waals surface area contributed by atoms with Gasteiger partial charge in [0.1, 0.15) is 0 Å². The second-order valence-corrected chi connectivity index (χ2v) is 12.1. The fourth-order valence-corrected chi connectivity index (χ4v) is 5.66. The normalized spacial score (nSPS) is 12.0. The standard InChI is InChI=1S/C41H34N6O2/c1-25-14-18-32-34(20-25)44-38(42-32)36(46-40(48)29-10-6-4-7-11-29)23-28-16-17-31(27(3)22-28)24-37(47-41(49)30-12-8-5-9-13-30)39-43-33-19-15-26(2)21-35(33)45-39/h4-24H,1-3H3,(H,42,44)(H,43,45)(H,46,48)(H,47,49)/b36-23+,37-24+. The number of nitrogens with zero attached hydrogens (tertiary/aromatic N) is 2. The Labute approximate surface area is 283 Å². The Morgan fingerprint density at radius 3 is 1.80 bits per heavy atom. The highest BCUT2D eigenvalue weighted by atomic mass is 16.2. The number of carbonyl (C=O) groups excluding carboxylic acids is 2. The molecule has 240 valence electrons. The highest BCUT2D eigenvalue weighted by Gasteiger charge is 2.16. The third-order valence-electron chi connectivity index (χ3n) is 8.26. The first-order chi connectivity index (χ1) is 23.8. The van der Waals surface area contributed by atoms with Gasteiger partial charge in [0.25, 0.3) is 11.8 Å². The van der Waals surface area contributed by atoms with Crippen molar-refractivity contribution >= 4 is 57.4 Å². The highest BCUT2D eigenvalue weighted by Crippen LogP contribution is 2.24. The molecule has 0 saturated heterocycles. The van der Waals surface area contributed by atoms with Crippen molar-refractivity contribution < 1.29 is 9.59 Å². The van der Waals surface area contributed by atoms with Gasteiger partial charge < -0.3 is 20.6 Å². The molecule has 8 heteroatoms. The summed E-state index contributed by atoms with van der Waals surface area (Å²) in [5.74, 6) is 0.636. The Morgan fingerprint density at radius 2 is 1.14 bits per heavy atom. The van der Waals surface area contributed by atoms with Gasteiger partial charge in [-0.25, -0.2) is 9.97 Å². The van der Waals surface area contributed by atoms with Crippen LogP contribution in [0.25, 0.3) is 45.6 Å². The van der Waals surface area contributed by atoms with E-state index in [1.54, 1.807) is 24.3 Å². The quantitative estimate of drug-likeness (QED) is 0.134. The third kappa shape index (κ3) is 6.94. The first kappa shape index (κ1) is 31.1. The lowest BCUT2D eigenvalue weighted by Gasteiger charge is -2.11. The summed E-state index contributed by atoms with van der Waals surface area (Å²) in [6.45, 7) is 6.06. The Balaban J connectivity index is 1.26. The molecule has 0 aliphatic heterocycles. The predicted octanol–water partition coefficient (Wildman–Crippen LogP) is 8.22. The third-order valence-corrected chi connectivity index (χ3v) is 8.26. The number of benzene rings is 5. The Bertz CT molecular complexity index is 2400. The molecule has 0 saturated carbocycles. The van der Waals surface area contributed by atoms with Gasteiger partial charge in [-0.05, 0) is 109 Å². The van der Waals surface area contributed by atoms with E-state index in [9.17, 15) is 9.59 Å². The first-order valence-electron chi connectivity index (χ1n) is 16.0. The molecule has 2 aromatic heterocycles. The van der Waals surface area contributed by atoms with E-state index in [1.807, 2.05) is 124 Å². The molecule has 0 radical (unpaired) electrons. The van der Waals surface area contributed by atoms with Crippen molar-refractivity contribution in [3.63, 3.8) is 0 Å². The molecule has 2 amide bonds. The van der Waals surface area contributed by atoms with E-state index in [0.717, 1.165) is 49.9 Å². The molecular formula is C41H34N6O2. The number of aromatic nitrogens is 4. The fraction of sp³-hybridized carbons (Fsp3) is 0.0732. The van der Waals surface area contributed by atoms with Gasteiger partial charge in [0, 0.05) is 11.1 Å². The summed E-state index contributed by atoms with van der Waals surface area (Å²) in [6, 6.07) is 36.2. The van der Waals surface area contributed by atoms with E-state index in [0.29, 0.717) is 34.2 Å². The average molecular weight is 643 g/mol. The highest BCUT2D eigenvalue weighted by molar-refractivity contribution is 6.03. The molecule has 7 aromatic rings. The summed E-state index contributed by atoms with van der Waals surface area (Å²) in [5.41, 5.74) is 10.5. The minimum atomic E-state index is -0.236. The van der Waals surface area contributed by atoms with Crippen molar-refractivity contribution in [2.75, 3.05) is 0 Å². The van der Waals surface area contributed by atoms with Crippen molar-refractivity contribution in [1.29, 1.82) is 0 Å². The number of imidazole rings is 2. The largest absolute Gasteiger partial charge is 0.337 e. The Kier molecular flexibility index (Phi) is 8.43. The molecule has 0 atom stereocenters. The average Bonchev–Trinajstić information content (AvgIpc) is 3.73.